The Hall–Kier alpha value is -3.25. The van der Waals surface area contributed by atoms with E-state index in [0.717, 1.165) is 0 Å². The summed E-state index contributed by atoms with van der Waals surface area (Å²) in [6.07, 6.45) is -6.86. The molecule has 1 N–H and O–H groups in total. The normalized spacial score (nSPS) is 18.9. The van der Waals surface area contributed by atoms with Gasteiger partial charge in [0.1, 0.15) is 12.5 Å². The van der Waals surface area contributed by atoms with Crippen LogP contribution in [0.5, 0.6) is 0 Å². The highest BCUT2D eigenvalue weighted by Crippen LogP contribution is 2.36. The van der Waals surface area contributed by atoms with Crippen LogP contribution in [0, 0.1) is 0 Å². The summed E-state index contributed by atoms with van der Waals surface area (Å²) >= 11 is 0. The van der Waals surface area contributed by atoms with Gasteiger partial charge in [-0.15, -0.1) is 0 Å². The van der Waals surface area contributed by atoms with Gasteiger partial charge in [0.2, 0.25) is 5.91 Å². The molecule has 1 amide bonds. The van der Waals surface area contributed by atoms with Crippen molar-refractivity contribution >= 4 is 17.6 Å². The molecule has 1 fully saturated rings. The maximum Gasteiger partial charge on any atom is 0.416 e. The third-order valence-corrected chi connectivity index (χ3v) is 5.24. The van der Waals surface area contributed by atoms with Crippen LogP contribution < -0.4 is 5.43 Å². The van der Waals surface area contributed by atoms with Crippen LogP contribution in [-0.4, -0.2) is 65.2 Å². The Morgan fingerprint density at radius 2 is 1.50 bits per heavy atom. The fourth-order valence-corrected chi connectivity index (χ4v) is 3.60. The molecule has 0 saturated carbocycles. The maximum atomic E-state index is 13.0. The monoisotopic (exact) mass is 460 g/mol. The molecule has 0 bridgehead atoms. The lowest BCUT2D eigenvalue weighted by Gasteiger charge is -2.36. The number of alkyl halides is 6. The van der Waals surface area contributed by atoms with Crippen LogP contribution in [0.3, 0.4) is 0 Å². The fraction of sp³-hybridized carbons (Fsp3) is 0.421. The molecule has 0 unspecified atom stereocenters. The molecule has 0 aliphatic carbocycles. The standard InChI is InChI=1S/C19H18F6N6O/c20-18(21,22)13-7-12(8-14(10-13)19(23,24)25)9-17(32)30-5-3-29(4-6-30)16-2-1-15-27-26-11-31(15)28-16/h1-2,7-8,10,26H,3-6,9,11H2. The third-order valence-electron chi connectivity index (χ3n) is 5.24. The first-order valence-corrected chi connectivity index (χ1v) is 9.66. The smallest absolute Gasteiger partial charge is 0.352 e. The summed E-state index contributed by atoms with van der Waals surface area (Å²) in [4.78, 5) is 16.0. The van der Waals surface area contributed by atoms with Gasteiger partial charge in [0, 0.05) is 26.2 Å². The van der Waals surface area contributed by atoms with E-state index in [1.807, 2.05) is 4.90 Å². The number of amides is 1. The number of hydrazone groups is 2. The second-order valence-corrected chi connectivity index (χ2v) is 7.44. The summed E-state index contributed by atoms with van der Waals surface area (Å²) in [6, 6.07) is 1.24. The van der Waals surface area contributed by atoms with Gasteiger partial charge in [-0.2, -0.15) is 36.5 Å². The Balaban J connectivity index is 1.41. The molecular weight excluding hydrogens is 442 g/mol. The molecular formula is C19H18F6N6O. The Kier molecular flexibility index (Phi) is 5.51. The predicted molar refractivity (Wildman–Crippen MR) is 102 cm³/mol. The summed E-state index contributed by atoms with van der Waals surface area (Å²) in [5, 5.41) is 10.2. The molecule has 3 aliphatic rings. The molecule has 1 saturated heterocycles. The Morgan fingerprint density at radius 3 is 2.09 bits per heavy atom. The van der Waals surface area contributed by atoms with Crippen LogP contribution in [0.15, 0.2) is 40.6 Å². The number of carbonyl (C=O) groups is 1. The van der Waals surface area contributed by atoms with Crippen molar-refractivity contribution in [3.05, 3.63) is 47.0 Å². The number of amidine groups is 2. The molecule has 4 rings (SSSR count). The number of nitrogens with zero attached hydrogens (tertiary/aromatic N) is 5. The van der Waals surface area contributed by atoms with Gasteiger partial charge in [-0.25, -0.2) is 5.01 Å². The van der Waals surface area contributed by atoms with E-state index in [4.69, 9.17) is 0 Å². The first-order valence-electron chi connectivity index (χ1n) is 9.66. The molecule has 13 heteroatoms. The van der Waals surface area contributed by atoms with Crippen LogP contribution in [-0.2, 0) is 23.6 Å². The van der Waals surface area contributed by atoms with Crippen molar-refractivity contribution in [2.75, 3.05) is 32.8 Å². The molecule has 0 aromatic heterocycles. The summed E-state index contributed by atoms with van der Waals surface area (Å²) < 4.78 is 78.2. The molecule has 3 heterocycles. The Bertz CT molecular complexity index is 959. The highest BCUT2D eigenvalue weighted by Gasteiger charge is 2.37. The molecule has 1 aromatic rings. The van der Waals surface area contributed by atoms with Crippen molar-refractivity contribution in [1.29, 1.82) is 0 Å². The zero-order chi connectivity index (χ0) is 23.1. The van der Waals surface area contributed by atoms with Gasteiger partial charge in [0.15, 0.2) is 5.84 Å². The number of carbonyl (C=O) groups excluding carboxylic acids is 1. The minimum absolute atomic E-state index is 0.0528. The lowest BCUT2D eigenvalue weighted by atomic mass is 10.0. The van der Waals surface area contributed by atoms with Crippen molar-refractivity contribution in [3.8, 4) is 0 Å². The fourth-order valence-electron chi connectivity index (χ4n) is 3.60. The van der Waals surface area contributed by atoms with E-state index >= 15 is 0 Å². The average molecular weight is 460 g/mol. The Morgan fingerprint density at radius 1 is 0.906 bits per heavy atom. The molecule has 3 aliphatic heterocycles. The van der Waals surface area contributed by atoms with E-state index < -0.39 is 35.8 Å². The number of nitrogens with one attached hydrogen (secondary N) is 1. The minimum atomic E-state index is -4.95. The third kappa shape index (κ3) is 4.65. The van der Waals surface area contributed by atoms with Crippen molar-refractivity contribution in [2.24, 2.45) is 10.2 Å². The largest absolute Gasteiger partial charge is 0.416 e. The van der Waals surface area contributed by atoms with Crippen LogP contribution in [0.25, 0.3) is 0 Å². The molecule has 0 atom stereocenters. The van der Waals surface area contributed by atoms with Crippen molar-refractivity contribution in [3.63, 3.8) is 0 Å². The Labute approximate surface area is 178 Å². The van der Waals surface area contributed by atoms with Crippen LogP contribution in [0.2, 0.25) is 0 Å². The topological polar surface area (TPSA) is 63.5 Å². The second kappa shape index (κ2) is 8.02. The van der Waals surface area contributed by atoms with Gasteiger partial charge in [-0.1, -0.05) is 0 Å². The number of halogens is 6. The number of fused-ring (bicyclic) bond motifs is 1. The minimum Gasteiger partial charge on any atom is -0.352 e. The van der Waals surface area contributed by atoms with Crippen LogP contribution >= 0.6 is 0 Å². The van der Waals surface area contributed by atoms with Gasteiger partial charge >= 0.3 is 12.4 Å². The first-order chi connectivity index (χ1) is 15.0. The number of hydrogen-bond donors (Lipinski definition) is 1. The number of benzene rings is 1. The summed E-state index contributed by atoms with van der Waals surface area (Å²) in [5.74, 6) is 0.839. The van der Waals surface area contributed by atoms with Gasteiger partial charge in [0.05, 0.1) is 17.5 Å². The highest BCUT2D eigenvalue weighted by atomic mass is 19.4. The average Bonchev–Trinajstić information content (AvgIpc) is 3.20. The lowest BCUT2D eigenvalue weighted by Crippen LogP contribution is -2.51. The zero-order valence-corrected chi connectivity index (χ0v) is 16.5. The van der Waals surface area contributed by atoms with Gasteiger partial charge in [-0.3, -0.25) is 10.2 Å². The molecule has 0 radical (unpaired) electrons. The lowest BCUT2D eigenvalue weighted by molar-refractivity contribution is -0.143. The van der Waals surface area contributed by atoms with E-state index in [-0.39, 0.29) is 24.7 Å². The SMILES string of the molecule is O=C(Cc1cc(C(F)(F)F)cc(C(F)(F)F)c1)N1CCN(C2=NN3CNN=C3C=C2)CC1. The number of hydrogen-bond acceptors (Lipinski definition) is 6. The first kappa shape index (κ1) is 22.0. The van der Waals surface area contributed by atoms with Crippen LogP contribution in [0.1, 0.15) is 16.7 Å². The maximum absolute atomic E-state index is 13.0. The molecule has 32 heavy (non-hydrogen) atoms. The van der Waals surface area contributed by atoms with Gasteiger partial charge < -0.3 is 9.80 Å². The van der Waals surface area contributed by atoms with Crippen molar-refractivity contribution < 1.29 is 31.1 Å². The molecule has 172 valence electrons. The number of rotatable bonds is 2. The second-order valence-electron chi connectivity index (χ2n) is 7.44. The van der Waals surface area contributed by atoms with Gasteiger partial charge in [0.25, 0.3) is 0 Å². The molecule has 7 nitrogen and oxygen atoms in total. The van der Waals surface area contributed by atoms with Gasteiger partial charge in [-0.05, 0) is 35.9 Å². The zero-order valence-electron chi connectivity index (χ0n) is 16.5. The highest BCUT2D eigenvalue weighted by molar-refractivity contribution is 6.05. The van der Waals surface area contributed by atoms with Crippen molar-refractivity contribution in [1.82, 2.24) is 20.2 Å². The predicted octanol–water partition coefficient (Wildman–Crippen LogP) is 2.47. The van der Waals surface area contributed by atoms with Crippen molar-refractivity contribution in [2.45, 2.75) is 18.8 Å². The molecule has 0 spiro atoms. The van der Waals surface area contributed by atoms with E-state index in [1.165, 1.54) is 4.90 Å². The summed E-state index contributed by atoms with van der Waals surface area (Å²) in [7, 11) is 0. The van der Waals surface area contributed by atoms with E-state index in [0.29, 0.717) is 43.6 Å². The molecule has 1 aromatic carbocycles. The van der Waals surface area contributed by atoms with E-state index in [9.17, 15) is 31.1 Å². The van der Waals surface area contributed by atoms with E-state index in [1.54, 1.807) is 17.2 Å². The van der Waals surface area contributed by atoms with E-state index in [2.05, 4.69) is 15.6 Å². The summed E-state index contributed by atoms with van der Waals surface area (Å²) in [5.41, 5.74) is -0.382. The van der Waals surface area contributed by atoms with Crippen LogP contribution in [0.4, 0.5) is 26.3 Å². The quantitative estimate of drug-likeness (QED) is 0.689. The number of piperazine rings is 1. The summed E-state index contributed by atoms with van der Waals surface area (Å²) in [6.45, 7) is 1.85.